The maximum Gasteiger partial charge on any atom is 0.241 e. The molecule has 0 aromatic heterocycles. The first-order chi connectivity index (χ1) is 9.55. The molecule has 7 heteroatoms. The minimum absolute atomic E-state index is 0.00588. The first kappa shape index (κ1) is 17.5. The molecule has 0 bridgehead atoms. The quantitative estimate of drug-likeness (QED) is 0.771. The smallest absolute Gasteiger partial charge is 0.241 e. The van der Waals surface area contributed by atoms with Crippen molar-refractivity contribution in [3.05, 3.63) is 24.3 Å². The summed E-state index contributed by atoms with van der Waals surface area (Å²) >= 11 is 0. The molecule has 1 amide bonds. The number of carbonyl (C=O) groups is 1. The van der Waals surface area contributed by atoms with E-state index < -0.39 is 16.1 Å². The van der Waals surface area contributed by atoms with Gasteiger partial charge in [-0.1, -0.05) is 20.8 Å². The molecule has 6 nitrogen and oxygen atoms in total. The normalized spacial score (nSPS) is 13.6. The van der Waals surface area contributed by atoms with Crippen LogP contribution >= 0.6 is 0 Å². The maximum atomic E-state index is 12.0. The Bertz CT molecular complexity index is 589. The zero-order valence-electron chi connectivity index (χ0n) is 12.8. The van der Waals surface area contributed by atoms with E-state index >= 15 is 0 Å². The number of hydrogen-bond donors (Lipinski definition) is 3. The fourth-order valence-electron chi connectivity index (χ4n) is 1.49. The zero-order chi connectivity index (χ0) is 16.3. The lowest BCUT2D eigenvalue weighted by atomic mass is 9.87. The average Bonchev–Trinajstić information content (AvgIpc) is 2.38. The van der Waals surface area contributed by atoms with Crippen molar-refractivity contribution in [1.29, 1.82) is 0 Å². The van der Waals surface area contributed by atoms with Crippen LogP contribution in [0, 0.1) is 5.41 Å². The Balaban J connectivity index is 2.74. The monoisotopic (exact) mass is 313 g/mol. The van der Waals surface area contributed by atoms with Gasteiger partial charge in [-0.3, -0.25) is 9.52 Å². The third-order valence-corrected chi connectivity index (χ3v) is 4.33. The number of carbonyl (C=O) groups excluding carboxylic acids is 1. The second-order valence-electron chi connectivity index (χ2n) is 5.92. The summed E-state index contributed by atoms with van der Waals surface area (Å²) in [6.07, 6.45) is 0. The molecule has 0 fully saturated rings. The molecule has 1 atom stereocenters. The molecule has 1 aromatic rings. The number of rotatable bonds is 5. The van der Waals surface area contributed by atoms with Crippen LogP contribution in [0.4, 0.5) is 11.4 Å². The fourth-order valence-corrected chi connectivity index (χ4v) is 2.13. The molecule has 0 radical (unpaired) electrons. The summed E-state index contributed by atoms with van der Waals surface area (Å²) in [4.78, 5) is 12.0. The van der Waals surface area contributed by atoms with Gasteiger partial charge in [-0.15, -0.1) is 0 Å². The van der Waals surface area contributed by atoms with Crippen molar-refractivity contribution < 1.29 is 13.2 Å². The van der Waals surface area contributed by atoms with Gasteiger partial charge in [0.1, 0.15) is 0 Å². The first-order valence-electron chi connectivity index (χ1n) is 6.72. The van der Waals surface area contributed by atoms with Crippen LogP contribution in [0.3, 0.4) is 0 Å². The van der Waals surface area contributed by atoms with Gasteiger partial charge in [0.2, 0.25) is 15.9 Å². The Morgan fingerprint density at radius 1 is 1.19 bits per heavy atom. The highest BCUT2D eigenvalue weighted by Crippen LogP contribution is 2.20. The van der Waals surface area contributed by atoms with Gasteiger partial charge in [-0.25, -0.2) is 8.42 Å². The highest BCUT2D eigenvalue weighted by atomic mass is 32.2. The van der Waals surface area contributed by atoms with E-state index in [-0.39, 0.29) is 17.1 Å². The summed E-state index contributed by atoms with van der Waals surface area (Å²) in [6.45, 7) is 7.23. The molecular weight excluding hydrogens is 290 g/mol. The van der Waals surface area contributed by atoms with Gasteiger partial charge in [-0.2, -0.15) is 0 Å². The van der Waals surface area contributed by atoms with Crippen molar-refractivity contribution >= 4 is 27.3 Å². The predicted octanol–water partition coefficient (Wildman–Crippen LogP) is 1.76. The van der Waals surface area contributed by atoms with Gasteiger partial charge in [-0.05, 0) is 36.6 Å². The number of amides is 1. The van der Waals surface area contributed by atoms with Crippen molar-refractivity contribution in [2.45, 2.75) is 33.7 Å². The largest absolute Gasteiger partial charge is 0.325 e. The van der Waals surface area contributed by atoms with Crippen molar-refractivity contribution in [3.63, 3.8) is 0 Å². The van der Waals surface area contributed by atoms with E-state index in [1.165, 1.54) is 0 Å². The Labute approximate surface area is 126 Å². The van der Waals surface area contributed by atoms with E-state index in [0.717, 1.165) is 0 Å². The van der Waals surface area contributed by atoms with E-state index in [1.807, 2.05) is 20.8 Å². The molecule has 0 unspecified atom stereocenters. The summed E-state index contributed by atoms with van der Waals surface area (Å²) in [7, 11) is -3.30. The topological polar surface area (TPSA) is 101 Å². The summed E-state index contributed by atoms with van der Waals surface area (Å²) in [5.74, 6) is -0.268. The van der Waals surface area contributed by atoms with Crippen LogP contribution in [-0.2, 0) is 14.8 Å². The van der Waals surface area contributed by atoms with Crippen LogP contribution in [0.25, 0.3) is 0 Å². The predicted molar refractivity (Wildman–Crippen MR) is 85.6 cm³/mol. The minimum atomic E-state index is -3.30. The number of benzene rings is 1. The average molecular weight is 313 g/mol. The molecule has 0 aliphatic carbocycles. The van der Waals surface area contributed by atoms with E-state index in [0.29, 0.717) is 11.4 Å². The van der Waals surface area contributed by atoms with Crippen LogP contribution in [0.5, 0.6) is 0 Å². The molecule has 0 saturated heterocycles. The van der Waals surface area contributed by atoms with Crippen molar-refractivity contribution in [3.8, 4) is 0 Å². The number of hydrogen-bond acceptors (Lipinski definition) is 4. The van der Waals surface area contributed by atoms with E-state index in [2.05, 4.69) is 10.0 Å². The Morgan fingerprint density at radius 3 is 2.10 bits per heavy atom. The van der Waals surface area contributed by atoms with Gasteiger partial charge in [0.05, 0.1) is 11.8 Å². The summed E-state index contributed by atoms with van der Waals surface area (Å²) in [6, 6.07) is 5.80. The number of nitrogens with one attached hydrogen (secondary N) is 2. The third-order valence-electron chi connectivity index (χ3n) is 3.02. The summed E-state index contributed by atoms with van der Waals surface area (Å²) in [5.41, 5.74) is 6.56. The van der Waals surface area contributed by atoms with Crippen molar-refractivity contribution in [2.75, 3.05) is 15.8 Å². The van der Waals surface area contributed by atoms with Gasteiger partial charge in [0, 0.05) is 11.4 Å². The molecule has 0 aliphatic rings. The lowest BCUT2D eigenvalue weighted by molar-refractivity contribution is -0.119. The minimum Gasteiger partial charge on any atom is -0.325 e. The number of nitrogens with two attached hydrogens (primary N) is 1. The summed E-state index contributed by atoms with van der Waals surface area (Å²) in [5, 5.41) is 2.71. The summed E-state index contributed by atoms with van der Waals surface area (Å²) < 4.78 is 25.3. The SMILES string of the molecule is CCS(=O)(=O)Nc1ccc(NC(=O)[C@@H](N)C(C)(C)C)cc1. The lowest BCUT2D eigenvalue weighted by Crippen LogP contribution is -2.45. The molecule has 0 heterocycles. The Morgan fingerprint density at radius 2 is 1.67 bits per heavy atom. The first-order valence-corrected chi connectivity index (χ1v) is 8.37. The number of anilines is 2. The molecule has 0 spiro atoms. The van der Waals surface area contributed by atoms with Crippen LogP contribution < -0.4 is 15.8 Å². The molecule has 0 saturated carbocycles. The second kappa shape index (κ2) is 6.44. The molecule has 1 rings (SSSR count). The van der Waals surface area contributed by atoms with E-state index in [4.69, 9.17) is 5.73 Å². The molecule has 21 heavy (non-hydrogen) atoms. The highest BCUT2D eigenvalue weighted by molar-refractivity contribution is 7.92. The Kier molecular flexibility index (Phi) is 5.36. The maximum absolute atomic E-state index is 12.0. The fraction of sp³-hybridized carbons (Fsp3) is 0.500. The highest BCUT2D eigenvalue weighted by Gasteiger charge is 2.27. The van der Waals surface area contributed by atoms with Crippen molar-refractivity contribution in [2.24, 2.45) is 11.1 Å². The third kappa shape index (κ3) is 5.35. The van der Waals surface area contributed by atoms with E-state index in [9.17, 15) is 13.2 Å². The zero-order valence-corrected chi connectivity index (χ0v) is 13.6. The van der Waals surface area contributed by atoms with Gasteiger partial charge in [0.25, 0.3) is 0 Å². The molecule has 1 aromatic carbocycles. The molecule has 118 valence electrons. The Hall–Kier alpha value is -1.60. The van der Waals surface area contributed by atoms with Gasteiger partial charge in [0.15, 0.2) is 0 Å². The van der Waals surface area contributed by atoms with Gasteiger partial charge < -0.3 is 11.1 Å². The standard InChI is InChI=1S/C14H23N3O3S/c1-5-21(19,20)17-11-8-6-10(7-9-11)16-13(18)12(15)14(2,3)4/h6-9,12,17H,5,15H2,1-4H3,(H,16,18)/t12-/m1/s1. The van der Waals surface area contributed by atoms with Gasteiger partial charge >= 0.3 is 0 Å². The van der Waals surface area contributed by atoms with E-state index in [1.54, 1.807) is 31.2 Å². The van der Waals surface area contributed by atoms with Crippen LogP contribution in [0.15, 0.2) is 24.3 Å². The molecule has 0 aliphatic heterocycles. The lowest BCUT2D eigenvalue weighted by Gasteiger charge is -2.25. The van der Waals surface area contributed by atoms with Crippen LogP contribution in [0.1, 0.15) is 27.7 Å². The van der Waals surface area contributed by atoms with Crippen LogP contribution in [-0.4, -0.2) is 26.1 Å². The number of sulfonamides is 1. The molecular formula is C14H23N3O3S. The van der Waals surface area contributed by atoms with Crippen LogP contribution in [0.2, 0.25) is 0 Å². The molecule has 4 N–H and O–H groups in total. The van der Waals surface area contributed by atoms with Crippen molar-refractivity contribution in [1.82, 2.24) is 0 Å². The second-order valence-corrected chi connectivity index (χ2v) is 7.93.